The number of benzene rings is 2. The van der Waals surface area contributed by atoms with Crippen molar-refractivity contribution < 1.29 is 14.7 Å². The van der Waals surface area contributed by atoms with Crippen molar-refractivity contribution in [1.82, 2.24) is 5.32 Å². The molecular formula is C18H16ClNO3. The lowest BCUT2D eigenvalue weighted by atomic mass is 10.1. The van der Waals surface area contributed by atoms with Gasteiger partial charge in [0, 0.05) is 17.5 Å². The van der Waals surface area contributed by atoms with Gasteiger partial charge in [0.05, 0.1) is 0 Å². The van der Waals surface area contributed by atoms with Crippen molar-refractivity contribution in [1.29, 1.82) is 0 Å². The Morgan fingerprint density at radius 2 is 1.74 bits per heavy atom. The van der Waals surface area contributed by atoms with E-state index in [1.54, 1.807) is 30.3 Å². The Morgan fingerprint density at radius 3 is 2.35 bits per heavy atom. The summed E-state index contributed by atoms with van der Waals surface area (Å²) in [4.78, 5) is 23.2. The minimum absolute atomic E-state index is 0.233. The molecule has 0 aliphatic carbocycles. The van der Waals surface area contributed by atoms with Gasteiger partial charge in [-0.25, -0.2) is 4.79 Å². The number of amides is 1. The second-order valence-corrected chi connectivity index (χ2v) is 5.41. The molecule has 1 atom stereocenters. The molecule has 0 saturated heterocycles. The summed E-state index contributed by atoms with van der Waals surface area (Å²) in [7, 11) is 0. The predicted molar refractivity (Wildman–Crippen MR) is 90.2 cm³/mol. The van der Waals surface area contributed by atoms with Gasteiger partial charge in [0.1, 0.15) is 6.04 Å². The maximum atomic E-state index is 11.9. The minimum atomic E-state index is -1.07. The number of aliphatic carboxylic acids is 1. The van der Waals surface area contributed by atoms with Crippen molar-refractivity contribution >= 4 is 29.6 Å². The van der Waals surface area contributed by atoms with Crippen LogP contribution in [0.25, 0.3) is 6.08 Å². The van der Waals surface area contributed by atoms with E-state index in [2.05, 4.69) is 5.32 Å². The molecular weight excluding hydrogens is 314 g/mol. The van der Waals surface area contributed by atoms with E-state index in [0.717, 1.165) is 11.1 Å². The molecule has 0 radical (unpaired) electrons. The second-order valence-electron chi connectivity index (χ2n) is 4.97. The summed E-state index contributed by atoms with van der Waals surface area (Å²) >= 11 is 5.79. The van der Waals surface area contributed by atoms with Gasteiger partial charge in [-0.2, -0.15) is 0 Å². The van der Waals surface area contributed by atoms with Gasteiger partial charge in [-0.1, -0.05) is 54.1 Å². The first-order chi connectivity index (χ1) is 11.0. The zero-order chi connectivity index (χ0) is 16.7. The van der Waals surface area contributed by atoms with Gasteiger partial charge < -0.3 is 10.4 Å². The highest BCUT2D eigenvalue weighted by Crippen LogP contribution is 2.10. The Kier molecular flexibility index (Phi) is 5.94. The van der Waals surface area contributed by atoms with Crippen molar-refractivity contribution in [3.05, 3.63) is 76.8 Å². The topological polar surface area (TPSA) is 66.4 Å². The van der Waals surface area contributed by atoms with Gasteiger partial charge in [-0.15, -0.1) is 0 Å². The first-order valence-corrected chi connectivity index (χ1v) is 7.43. The first-order valence-electron chi connectivity index (χ1n) is 7.05. The molecule has 4 nitrogen and oxygen atoms in total. The van der Waals surface area contributed by atoms with E-state index in [0.29, 0.717) is 5.02 Å². The molecule has 0 saturated carbocycles. The molecule has 0 bridgehead atoms. The Morgan fingerprint density at radius 1 is 1.09 bits per heavy atom. The summed E-state index contributed by atoms with van der Waals surface area (Å²) < 4.78 is 0. The molecule has 23 heavy (non-hydrogen) atoms. The van der Waals surface area contributed by atoms with Crippen LogP contribution >= 0.6 is 11.6 Å². The summed E-state index contributed by atoms with van der Waals surface area (Å²) in [5.74, 6) is -1.52. The Bertz CT molecular complexity index is 696. The highest BCUT2D eigenvalue weighted by molar-refractivity contribution is 6.30. The molecule has 2 aromatic rings. The van der Waals surface area contributed by atoms with Gasteiger partial charge in [0.25, 0.3) is 0 Å². The van der Waals surface area contributed by atoms with Crippen LogP contribution in [0.5, 0.6) is 0 Å². The van der Waals surface area contributed by atoms with E-state index in [4.69, 9.17) is 11.6 Å². The molecule has 1 unspecified atom stereocenters. The van der Waals surface area contributed by atoms with Crippen LogP contribution < -0.4 is 5.32 Å². The van der Waals surface area contributed by atoms with Crippen molar-refractivity contribution in [3.63, 3.8) is 0 Å². The van der Waals surface area contributed by atoms with Gasteiger partial charge in [0.15, 0.2) is 0 Å². The second kappa shape index (κ2) is 8.15. The molecule has 5 heteroatoms. The Balaban J connectivity index is 1.98. The number of carboxylic acids is 1. The van der Waals surface area contributed by atoms with Crippen LogP contribution in [0.15, 0.2) is 60.7 Å². The molecule has 2 aromatic carbocycles. The fraction of sp³-hybridized carbons (Fsp3) is 0.111. The number of carbonyl (C=O) groups is 2. The van der Waals surface area contributed by atoms with E-state index in [-0.39, 0.29) is 6.42 Å². The molecule has 0 aliphatic heterocycles. The number of nitrogens with one attached hydrogen (secondary N) is 1. The number of carboxylic acid groups (broad SMARTS) is 1. The normalized spacial score (nSPS) is 12.0. The zero-order valence-electron chi connectivity index (χ0n) is 12.3. The Labute approximate surface area is 139 Å². The summed E-state index contributed by atoms with van der Waals surface area (Å²) in [5, 5.41) is 12.4. The fourth-order valence-corrected chi connectivity index (χ4v) is 2.14. The van der Waals surface area contributed by atoms with Gasteiger partial charge >= 0.3 is 5.97 Å². The van der Waals surface area contributed by atoms with Crippen LogP contribution in [0.3, 0.4) is 0 Å². The fourth-order valence-electron chi connectivity index (χ4n) is 2.02. The summed E-state index contributed by atoms with van der Waals surface area (Å²) in [6, 6.07) is 15.2. The number of halogens is 1. The van der Waals surface area contributed by atoms with E-state index in [1.807, 2.05) is 30.3 Å². The summed E-state index contributed by atoms with van der Waals surface area (Å²) in [5.41, 5.74) is 1.65. The quantitative estimate of drug-likeness (QED) is 0.800. The number of hydrogen-bond acceptors (Lipinski definition) is 2. The van der Waals surface area contributed by atoms with Crippen molar-refractivity contribution in [2.75, 3.05) is 0 Å². The SMILES string of the molecule is O=C(/C=C\c1ccc(Cl)cc1)NC(Cc1ccccc1)C(=O)O. The van der Waals surface area contributed by atoms with Crippen LogP contribution in [0, 0.1) is 0 Å². The van der Waals surface area contributed by atoms with Crippen molar-refractivity contribution in [2.24, 2.45) is 0 Å². The van der Waals surface area contributed by atoms with Gasteiger partial charge in [0.2, 0.25) is 5.91 Å². The molecule has 118 valence electrons. The average Bonchev–Trinajstić information content (AvgIpc) is 2.54. The van der Waals surface area contributed by atoms with Crippen molar-refractivity contribution in [3.8, 4) is 0 Å². The Hall–Kier alpha value is -2.59. The minimum Gasteiger partial charge on any atom is -0.480 e. The standard InChI is InChI=1S/C18H16ClNO3/c19-15-9-6-13(7-10-15)8-11-17(21)20-16(18(22)23)12-14-4-2-1-3-5-14/h1-11,16H,12H2,(H,20,21)(H,22,23)/b11-8-. The number of hydrogen-bond donors (Lipinski definition) is 2. The first kappa shape index (κ1) is 16.8. The number of rotatable bonds is 6. The van der Waals surface area contributed by atoms with E-state index >= 15 is 0 Å². The molecule has 1 amide bonds. The van der Waals surface area contributed by atoms with Crippen LogP contribution in [0.2, 0.25) is 5.02 Å². The molecule has 0 aliphatic rings. The van der Waals surface area contributed by atoms with Gasteiger partial charge in [-0.3, -0.25) is 4.79 Å². The molecule has 2 rings (SSSR count). The third kappa shape index (κ3) is 5.60. The van der Waals surface area contributed by atoms with Crippen molar-refractivity contribution in [2.45, 2.75) is 12.5 Å². The van der Waals surface area contributed by atoms with E-state index < -0.39 is 17.9 Å². The van der Waals surface area contributed by atoms with Crippen LogP contribution in [-0.4, -0.2) is 23.0 Å². The van der Waals surface area contributed by atoms with E-state index in [9.17, 15) is 14.7 Å². The lowest BCUT2D eigenvalue weighted by Crippen LogP contribution is -2.41. The average molecular weight is 330 g/mol. The number of carbonyl (C=O) groups excluding carboxylic acids is 1. The molecule has 0 aromatic heterocycles. The molecule has 0 heterocycles. The summed E-state index contributed by atoms with van der Waals surface area (Å²) in [6.07, 6.45) is 3.15. The monoisotopic (exact) mass is 329 g/mol. The highest BCUT2D eigenvalue weighted by atomic mass is 35.5. The third-order valence-corrected chi connectivity index (χ3v) is 3.45. The highest BCUT2D eigenvalue weighted by Gasteiger charge is 2.19. The van der Waals surface area contributed by atoms with Gasteiger partial charge in [-0.05, 0) is 29.3 Å². The largest absolute Gasteiger partial charge is 0.480 e. The smallest absolute Gasteiger partial charge is 0.326 e. The molecule has 2 N–H and O–H groups in total. The lowest BCUT2D eigenvalue weighted by molar-refractivity contribution is -0.141. The summed E-state index contributed by atoms with van der Waals surface area (Å²) in [6.45, 7) is 0. The zero-order valence-corrected chi connectivity index (χ0v) is 13.0. The maximum Gasteiger partial charge on any atom is 0.326 e. The van der Waals surface area contributed by atoms with Crippen LogP contribution in [-0.2, 0) is 16.0 Å². The van der Waals surface area contributed by atoms with Crippen LogP contribution in [0.1, 0.15) is 11.1 Å². The van der Waals surface area contributed by atoms with E-state index in [1.165, 1.54) is 6.08 Å². The lowest BCUT2D eigenvalue weighted by Gasteiger charge is -2.13. The molecule has 0 fully saturated rings. The predicted octanol–water partition coefficient (Wildman–Crippen LogP) is 3.17. The third-order valence-electron chi connectivity index (χ3n) is 3.19. The molecule has 0 spiro atoms. The van der Waals surface area contributed by atoms with Crippen LogP contribution in [0.4, 0.5) is 0 Å². The maximum absolute atomic E-state index is 11.9.